The molecule has 0 bridgehead atoms. The molecule has 0 unspecified atom stereocenters. The number of hydrogen-bond donors (Lipinski definition) is 0. The second-order valence-corrected chi connectivity index (χ2v) is 5.54. The first-order chi connectivity index (χ1) is 4.87. The van der Waals surface area contributed by atoms with Crippen LogP contribution < -0.4 is 0 Å². The molecule has 1 aliphatic carbocycles. The third-order valence-electron chi connectivity index (χ3n) is 3.55. The van der Waals surface area contributed by atoms with Crippen LogP contribution in [0.4, 0.5) is 0 Å². The van der Waals surface area contributed by atoms with Crippen LogP contribution in [0.3, 0.4) is 0 Å². The number of rotatable bonds is 3. The van der Waals surface area contributed by atoms with E-state index >= 15 is 0 Å². The van der Waals surface area contributed by atoms with Crippen molar-refractivity contribution >= 4 is 0 Å². The molecule has 0 nitrogen and oxygen atoms in total. The molecule has 0 aliphatic heterocycles. The van der Waals surface area contributed by atoms with Gasteiger partial charge in [-0.1, -0.05) is 34.6 Å². The van der Waals surface area contributed by atoms with Crippen LogP contribution in [0.15, 0.2) is 0 Å². The standard InChI is InChI=1S/C11H22/c1-9(2)8-10(3,4)11(5)6-7-11/h9H,6-8H2,1-5H3. The summed E-state index contributed by atoms with van der Waals surface area (Å²) in [5.41, 5.74) is 1.25. The summed E-state index contributed by atoms with van der Waals surface area (Å²) in [5, 5.41) is 0. The van der Waals surface area contributed by atoms with Crippen LogP contribution >= 0.6 is 0 Å². The highest BCUT2D eigenvalue weighted by atomic mass is 14.5. The van der Waals surface area contributed by atoms with E-state index in [1.807, 2.05) is 0 Å². The molecule has 0 aromatic rings. The summed E-state index contributed by atoms with van der Waals surface area (Å²) in [6.45, 7) is 12.0. The second kappa shape index (κ2) is 2.50. The van der Waals surface area contributed by atoms with Gasteiger partial charge in [-0.05, 0) is 36.0 Å². The average molecular weight is 154 g/mol. The molecule has 0 saturated heterocycles. The van der Waals surface area contributed by atoms with Gasteiger partial charge in [-0.2, -0.15) is 0 Å². The Bertz CT molecular complexity index is 138. The molecule has 1 rings (SSSR count). The van der Waals surface area contributed by atoms with Gasteiger partial charge in [0, 0.05) is 0 Å². The molecule has 0 heteroatoms. The van der Waals surface area contributed by atoms with E-state index in [-0.39, 0.29) is 0 Å². The van der Waals surface area contributed by atoms with Crippen molar-refractivity contribution in [1.82, 2.24) is 0 Å². The SMILES string of the molecule is CC(C)CC(C)(C)C1(C)CC1. The molecule has 0 heterocycles. The van der Waals surface area contributed by atoms with Gasteiger partial charge < -0.3 is 0 Å². The van der Waals surface area contributed by atoms with E-state index in [1.54, 1.807) is 0 Å². The lowest BCUT2D eigenvalue weighted by Crippen LogP contribution is -2.24. The Morgan fingerprint density at radius 3 is 2.00 bits per heavy atom. The largest absolute Gasteiger partial charge is 0.0628 e. The predicted molar refractivity (Wildman–Crippen MR) is 50.6 cm³/mol. The molecule has 66 valence electrons. The molecule has 0 spiro atoms. The van der Waals surface area contributed by atoms with Gasteiger partial charge in [0.15, 0.2) is 0 Å². The van der Waals surface area contributed by atoms with Crippen LogP contribution in [-0.2, 0) is 0 Å². The molecule has 0 atom stereocenters. The monoisotopic (exact) mass is 154 g/mol. The molecule has 1 saturated carbocycles. The first-order valence-corrected chi connectivity index (χ1v) is 4.87. The minimum atomic E-state index is 0.571. The van der Waals surface area contributed by atoms with Crippen molar-refractivity contribution in [2.45, 2.75) is 53.9 Å². The Morgan fingerprint density at radius 2 is 1.73 bits per heavy atom. The Balaban J connectivity index is 2.52. The third kappa shape index (κ3) is 1.77. The molecule has 0 amide bonds. The first kappa shape index (κ1) is 9.09. The maximum Gasteiger partial charge on any atom is -0.0274 e. The molecule has 11 heavy (non-hydrogen) atoms. The van der Waals surface area contributed by atoms with Crippen LogP contribution in [0.25, 0.3) is 0 Å². The zero-order valence-corrected chi connectivity index (χ0v) is 8.70. The van der Waals surface area contributed by atoms with Gasteiger partial charge in [0.2, 0.25) is 0 Å². The van der Waals surface area contributed by atoms with Gasteiger partial charge >= 0.3 is 0 Å². The topological polar surface area (TPSA) is 0 Å². The van der Waals surface area contributed by atoms with Crippen molar-refractivity contribution in [3.05, 3.63) is 0 Å². The van der Waals surface area contributed by atoms with Crippen LogP contribution in [-0.4, -0.2) is 0 Å². The lowest BCUT2D eigenvalue weighted by Gasteiger charge is -2.33. The van der Waals surface area contributed by atoms with Crippen LogP contribution in [0.5, 0.6) is 0 Å². The Labute approximate surface area is 71.4 Å². The summed E-state index contributed by atoms with van der Waals surface area (Å²) in [7, 11) is 0. The minimum Gasteiger partial charge on any atom is -0.0628 e. The fraction of sp³-hybridized carbons (Fsp3) is 1.00. The summed E-state index contributed by atoms with van der Waals surface area (Å²) >= 11 is 0. The van der Waals surface area contributed by atoms with E-state index in [0.717, 1.165) is 5.92 Å². The van der Waals surface area contributed by atoms with E-state index in [1.165, 1.54) is 19.3 Å². The van der Waals surface area contributed by atoms with Crippen LogP contribution in [0, 0.1) is 16.7 Å². The van der Waals surface area contributed by atoms with Crippen LogP contribution in [0.1, 0.15) is 53.9 Å². The summed E-state index contributed by atoms with van der Waals surface area (Å²) < 4.78 is 0. The number of hydrogen-bond acceptors (Lipinski definition) is 0. The van der Waals surface area contributed by atoms with Crippen molar-refractivity contribution in [3.63, 3.8) is 0 Å². The third-order valence-corrected chi connectivity index (χ3v) is 3.55. The van der Waals surface area contributed by atoms with Gasteiger partial charge in [-0.15, -0.1) is 0 Å². The summed E-state index contributed by atoms with van der Waals surface area (Å²) in [4.78, 5) is 0. The van der Waals surface area contributed by atoms with Crippen molar-refractivity contribution < 1.29 is 0 Å². The Morgan fingerprint density at radius 1 is 1.27 bits per heavy atom. The lowest BCUT2D eigenvalue weighted by molar-refractivity contribution is 0.164. The molecule has 0 aromatic heterocycles. The van der Waals surface area contributed by atoms with Crippen molar-refractivity contribution in [2.75, 3.05) is 0 Å². The zero-order valence-electron chi connectivity index (χ0n) is 8.70. The van der Waals surface area contributed by atoms with Gasteiger partial charge in [-0.3, -0.25) is 0 Å². The van der Waals surface area contributed by atoms with Crippen molar-refractivity contribution in [2.24, 2.45) is 16.7 Å². The lowest BCUT2D eigenvalue weighted by atomic mass is 9.72. The molecule has 0 aromatic carbocycles. The Kier molecular flexibility index (Phi) is 2.07. The molecular formula is C11H22. The minimum absolute atomic E-state index is 0.571. The van der Waals surface area contributed by atoms with Crippen molar-refractivity contribution in [1.29, 1.82) is 0 Å². The van der Waals surface area contributed by atoms with Crippen LogP contribution in [0.2, 0.25) is 0 Å². The molecule has 1 fully saturated rings. The highest BCUT2D eigenvalue weighted by Gasteiger charge is 2.49. The summed E-state index contributed by atoms with van der Waals surface area (Å²) in [5.74, 6) is 0.849. The zero-order chi connectivity index (χ0) is 8.70. The average Bonchev–Trinajstić information content (AvgIpc) is 2.44. The molecule has 0 N–H and O–H groups in total. The van der Waals surface area contributed by atoms with E-state index in [2.05, 4.69) is 34.6 Å². The highest BCUT2D eigenvalue weighted by Crippen LogP contribution is 2.60. The van der Waals surface area contributed by atoms with E-state index < -0.39 is 0 Å². The molecule has 1 aliphatic rings. The van der Waals surface area contributed by atoms with Gasteiger partial charge in [-0.25, -0.2) is 0 Å². The summed E-state index contributed by atoms with van der Waals surface area (Å²) in [6, 6.07) is 0. The normalized spacial score (nSPS) is 22.4. The second-order valence-electron chi connectivity index (χ2n) is 5.54. The maximum atomic E-state index is 2.44. The van der Waals surface area contributed by atoms with E-state index in [0.29, 0.717) is 10.8 Å². The van der Waals surface area contributed by atoms with E-state index in [4.69, 9.17) is 0 Å². The highest BCUT2D eigenvalue weighted by molar-refractivity contribution is 5.00. The fourth-order valence-corrected chi connectivity index (χ4v) is 2.13. The van der Waals surface area contributed by atoms with Crippen molar-refractivity contribution in [3.8, 4) is 0 Å². The molecule has 0 radical (unpaired) electrons. The molecular weight excluding hydrogens is 132 g/mol. The van der Waals surface area contributed by atoms with Gasteiger partial charge in [0.05, 0.1) is 0 Å². The summed E-state index contributed by atoms with van der Waals surface area (Å²) in [6.07, 6.45) is 4.28. The fourth-order valence-electron chi connectivity index (χ4n) is 2.13. The maximum absolute atomic E-state index is 2.44. The Hall–Kier alpha value is 0. The van der Waals surface area contributed by atoms with Gasteiger partial charge in [0.1, 0.15) is 0 Å². The quantitative estimate of drug-likeness (QED) is 0.579. The van der Waals surface area contributed by atoms with E-state index in [9.17, 15) is 0 Å². The smallest absolute Gasteiger partial charge is 0.0274 e. The predicted octanol–water partition coefficient (Wildman–Crippen LogP) is 3.86. The van der Waals surface area contributed by atoms with Gasteiger partial charge in [0.25, 0.3) is 0 Å². The first-order valence-electron chi connectivity index (χ1n) is 4.87.